The molecule has 0 bridgehead atoms. The minimum absolute atomic E-state index is 0.312. The van der Waals surface area contributed by atoms with Gasteiger partial charge in [-0.05, 0) is 31.8 Å². The number of aliphatic hydroxyl groups is 2. The summed E-state index contributed by atoms with van der Waals surface area (Å²) in [6.07, 6.45) is -0.106. The van der Waals surface area contributed by atoms with Crippen molar-refractivity contribution in [3.05, 3.63) is 0 Å². The number of carboxylic acid groups (broad SMARTS) is 2. The summed E-state index contributed by atoms with van der Waals surface area (Å²) in [5, 5.41) is 43.2. The van der Waals surface area contributed by atoms with Gasteiger partial charge in [0.15, 0.2) is 6.04 Å². The van der Waals surface area contributed by atoms with Crippen molar-refractivity contribution in [3.8, 4) is 0 Å². The Labute approximate surface area is 183 Å². The Kier molecular flexibility index (Phi) is 13.4. The second-order valence-electron chi connectivity index (χ2n) is 6.69. The van der Waals surface area contributed by atoms with Crippen molar-refractivity contribution >= 4 is 41.4 Å². The smallest absolute Gasteiger partial charge is 0.328 e. The molecule has 0 saturated carbocycles. The molecule has 31 heavy (non-hydrogen) atoms. The van der Waals surface area contributed by atoms with Gasteiger partial charge in [-0.25, -0.2) is 4.79 Å². The number of nitrogens with one attached hydrogen (secondary N) is 3. The number of hydrogen-bond donors (Lipinski definition) is 8. The van der Waals surface area contributed by atoms with Crippen LogP contribution in [-0.4, -0.2) is 99.0 Å². The highest BCUT2D eigenvalue weighted by molar-refractivity contribution is 7.98. The Balaban J connectivity index is 5.25. The zero-order chi connectivity index (χ0) is 24.1. The van der Waals surface area contributed by atoms with Crippen molar-refractivity contribution in [1.29, 1.82) is 0 Å². The summed E-state index contributed by atoms with van der Waals surface area (Å²) < 4.78 is 0. The molecule has 0 heterocycles. The van der Waals surface area contributed by atoms with Crippen LogP contribution in [0.5, 0.6) is 0 Å². The molecule has 13 nitrogen and oxygen atoms in total. The van der Waals surface area contributed by atoms with Crippen LogP contribution in [0.2, 0.25) is 0 Å². The molecule has 0 fully saturated rings. The molecule has 0 aliphatic heterocycles. The Morgan fingerprint density at radius 3 is 1.94 bits per heavy atom. The maximum atomic E-state index is 12.5. The molecule has 0 aromatic heterocycles. The number of carboxylic acids is 2. The van der Waals surface area contributed by atoms with Gasteiger partial charge in [0.05, 0.1) is 18.8 Å². The number of nitrogens with two attached hydrogens (primary N) is 1. The van der Waals surface area contributed by atoms with Crippen molar-refractivity contribution in [3.63, 3.8) is 0 Å². The third kappa shape index (κ3) is 11.0. The van der Waals surface area contributed by atoms with Crippen LogP contribution in [0, 0.1) is 0 Å². The first-order chi connectivity index (χ1) is 14.4. The van der Waals surface area contributed by atoms with E-state index < -0.39 is 73.0 Å². The summed E-state index contributed by atoms with van der Waals surface area (Å²) in [7, 11) is 0. The van der Waals surface area contributed by atoms with Crippen molar-refractivity contribution < 1.29 is 44.4 Å². The number of carbonyl (C=O) groups excluding carboxylic acids is 3. The maximum Gasteiger partial charge on any atom is 0.328 e. The minimum atomic E-state index is -1.68. The quantitative estimate of drug-likeness (QED) is 0.120. The fraction of sp³-hybridized carbons (Fsp3) is 0.706. The number of aliphatic carboxylic acids is 2. The fourth-order valence-corrected chi connectivity index (χ4v) is 2.79. The van der Waals surface area contributed by atoms with E-state index in [4.69, 9.17) is 15.9 Å². The van der Waals surface area contributed by atoms with Crippen LogP contribution in [0.4, 0.5) is 0 Å². The van der Waals surface area contributed by atoms with Gasteiger partial charge in [0.25, 0.3) is 0 Å². The summed E-state index contributed by atoms with van der Waals surface area (Å²) in [5.41, 5.74) is 5.74. The van der Waals surface area contributed by atoms with Crippen LogP contribution in [0.25, 0.3) is 0 Å². The van der Waals surface area contributed by atoms with E-state index >= 15 is 0 Å². The molecule has 5 unspecified atom stereocenters. The molecule has 3 amide bonds. The summed E-state index contributed by atoms with van der Waals surface area (Å²) in [6.45, 7) is 0.208. The molecule has 14 heteroatoms. The largest absolute Gasteiger partial charge is 0.481 e. The first kappa shape index (κ1) is 28.6. The normalized spacial score (nSPS) is 15.6. The number of aliphatic hydroxyl groups excluding tert-OH is 2. The third-order valence-corrected chi connectivity index (χ3v) is 4.76. The Morgan fingerprint density at radius 2 is 1.48 bits per heavy atom. The molecule has 0 aromatic rings. The predicted molar refractivity (Wildman–Crippen MR) is 110 cm³/mol. The van der Waals surface area contributed by atoms with Crippen molar-refractivity contribution in [1.82, 2.24) is 16.0 Å². The molecule has 178 valence electrons. The van der Waals surface area contributed by atoms with Crippen molar-refractivity contribution in [2.75, 3.05) is 18.6 Å². The van der Waals surface area contributed by atoms with Crippen LogP contribution >= 0.6 is 11.8 Å². The lowest BCUT2D eigenvalue weighted by Gasteiger charge is -2.24. The highest BCUT2D eigenvalue weighted by atomic mass is 32.2. The summed E-state index contributed by atoms with van der Waals surface area (Å²) in [4.78, 5) is 58.9. The second kappa shape index (κ2) is 14.6. The van der Waals surface area contributed by atoms with Crippen LogP contribution < -0.4 is 21.7 Å². The lowest BCUT2D eigenvalue weighted by atomic mass is 10.1. The van der Waals surface area contributed by atoms with Crippen molar-refractivity contribution in [2.45, 2.75) is 56.5 Å². The molecular weight excluding hydrogens is 436 g/mol. The van der Waals surface area contributed by atoms with E-state index in [9.17, 15) is 34.2 Å². The average Bonchev–Trinajstić information content (AvgIpc) is 2.69. The number of thioether (sulfide) groups is 1. The van der Waals surface area contributed by atoms with Gasteiger partial charge in [-0.15, -0.1) is 0 Å². The Bertz CT molecular complexity index is 647. The molecule has 0 aromatic carbocycles. The molecule has 0 radical (unpaired) electrons. The van der Waals surface area contributed by atoms with Gasteiger partial charge in [0.2, 0.25) is 17.7 Å². The predicted octanol–water partition coefficient (Wildman–Crippen LogP) is -3.16. The summed E-state index contributed by atoms with van der Waals surface area (Å²) in [6, 6.07) is -5.59. The highest BCUT2D eigenvalue weighted by Gasteiger charge is 2.31. The van der Waals surface area contributed by atoms with Crippen LogP contribution in [0.15, 0.2) is 0 Å². The molecule has 0 rings (SSSR count). The van der Waals surface area contributed by atoms with Gasteiger partial charge in [-0.3, -0.25) is 19.2 Å². The van der Waals surface area contributed by atoms with Gasteiger partial charge >= 0.3 is 11.9 Å². The molecule has 0 spiro atoms. The number of carbonyl (C=O) groups is 5. The van der Waals surface area contributed by atoms with Gasteiger partial charge in [-0.2, -0.15) is 11.8 Å². The lowest BCUT2D eigenvalue weighted by molar-refractivity contribution is -0.145. The van der Waals surface area contributed by atoms with E-state index in [0.717, 1.165) is 6.92 Å². The van der Waals surface area contributed by atoms with Crippen LogP contribution in [0.3, 0.4) is 0 Å². The SMILES string of the molecule is CSCCC(N)C(=O)NC(CCC(=O)O)C(=O)NC(CO)C(=O)NC(C(=O)O)C(C)O. The molecular formula is C17H30N4O9S. The van der Waals surface area contributed by atoms with Crippen LogP contribution in [-0.2, 0) is 24.0 Å². The van der Waals surface area contributed by atoms with Crippen LogP contribution in [0.1, 0.15) is 26.2 Å². The zero-order valence-corrected chi connectivity index (χ0v) is 18.1. The highest BCUT2D eigenvalue weighted by Crippen LogP contribution is 2.03. The summed E-state index contributed by atoms with van der Waals surface area (Å²) in [5.74, 6) is -4.92. The van der Waals surface area contributed by atoms with E-state index in [2.05, 4.69) is 10.6 Å². The topological polar surface area (TPSA) is 228 Å². The van der Waals surface area contributed by atoms with E-state index in [-0.39, 0.29) is 6.42 Å². The number of amides is 3. The van der Waals surface area contributed by atoms with E-state index in [1.54, 1.807) is 0 Å². The van der Waals surface area contributed by atoms with Gasteiger partial charge < -0.3 is 42.1 Å². The number of rotatable bonds is 15. The van der Waals surface area contributed by atoms with Gasteiger partial charge in [0.1, 0.15) is 12.1 Å². The minimum Gasteiger partial charge on any atom is -0.481 e. The molecule has 9 N–H and O–H groups in total. The Morgan fingerprint density at radius 1 is 0.935 bits per heavy atom. The number of hydrogen-bond acceptors (Lipinski definition) is 9. The molecule has 0 saturated heterocycles. The van der Waals surface area contributed by atoms with Gasteiger partial charge in [0, 0.05) is 6.42 Å². The van der Waals surface area contributed by atoms with E-state index in [1.807, 2.05) is 11.6 Å². The first-order valence-electron chi connectivity index (χ1n) is 9.33. The lowest BCUT2D eigenvalue weighted by Crippen LogP contribution is -2.59. The molecule has 0 aliphatic carbocycles. The second-order valence-corrected chi connectivity index (χ2v) is 7.68. The Hall–Kier alpha value is -2.42. The first-order valence-corrected chi connectivity index (χ1v) is 10.7. The van der Waals surface area contributed by atoms with E-state index in [1.165, 1.54) is 11.8 Å². The summed E-state index contributed by atoms with van der Waals surface area (Å²) >= 11 is 1.46. The van der Waals surface area contributed by atoms with Gasteiger partial charge in [-0.1, -0.05) is 0 Å². The molecule has 5 atom stereocenters. The standard InChI is InChI=1S/C17H30N4O9S/c1-8(23)13(17(29)30)21-16(28)11(7-22)20-15(27)10(3-4-12(24)25)19-14(26)9(18)5-6-31-2/h8-11,13,22-23H,3-7,18H2,1-2H3,(H,19,26)(H,20,27)(H,21,28)(H,24,25)(H,29,30). The maximum absolute atomic E-state index is 12.5. The monoisotopic (exact) mass is 466 g/mol. The zero-order valence-electron chi connectivity index (χ0n) is 17.2. The average molecular weight is 467 g/mol. The molecule has 0 aliphatic rings. The van der Waals surface area contributed by atoms with E-state index in [0.29, 0.717) is 12.2 Å². The fourth-order valence-electron chi connectivity index (χ4n) is 2.30. The third-order valence-electron chi connectivity index (χ3n) is 4.11. The van der Waals surface area contributed by atoms with Crippen molar-refractivity contribution in [2.24, 2.45) is 5.73 Å².